The molecule has 4 heterocycles. The van der Waals surface area contributed by atoms with E-state index >= 15 is 0 Å². The number of carbonyl (C=O) groups excluding carboxylic acids is 4. The molecule has 2 N–H and O–H groups in total. The zero-order valence-electron chi connectivity index (χ0n) is 25.7. The van der Waals surface area contributed by atoms with Gasteiger partial charge in [-0.3, -0.25) is 24.2 Å². The normalized spacial score (nSPS) is 16.9. The van der Waals surface area contributed by atoms with Crippen LogP contribution in [0.1, 0.15) is 48.9 Å². The number of pyridine rings is 1. The van der Waals surface area contributed by atoms with Gasteiger partial charge in [0.15, 0.2) is 0 Å². The minimum atomic E-state index is -0.895. The predicted molar refractivity (Wildman–Crippen MR) is 170 cm³/mol. The SMILES string of the molecule is O=C(NCn1nnc2ccccc21)C(=O)C1CCCN1C(=O)CNC(=O)c1ccnc2ccc(OCCCN3CCCCC3)cc12. The molecule has 0 bridgehead atoms. The van der Waals surface area contributed by atoms with Crippen molar-refractivity contribution in [1.29, 1.82) is 0 Å². The van der Waals surface area contributed by atoms with Gasteiger partial charge in [0.1, 0.15) is 24.0 Å². The number of Topliss-reactive ketones (excluding diaryl/α,β-unsaturated/α-hetero) is 1. The summed E-state index contributed by atoms with van der Waals surface area (Å²) in [6, 6.07) is 13.4. The fraction of sp³-hybridized carbons (Fsp3) is 0.424. The zero-order chi connectivity index (χ0) is 31.9. The maximum atomic E-state index is 13.2. The van der Waals surface area contributed by atoms with E-state index in [1.165, 1.54) is 28.8 Å². The van der Waals surface area contributed by atoms with Gasteiger partial charge in [0.05, 0.1) is 29.7 Å². The lowest BCUT2D eigenvalue weighted by Crippen LogP contribution is -2.49. The van der Waals surface area contributed by atoms with Crippen LogP contribution < -0.4 is 15.4 Å². The molecule has 13 heteroatoms. The van der Waals surface area contributed by atoms with Crippen LogP contribution in [-0.4, -0.2) is 98.7 Å². The molecule has 240 valence electrons. The second-order valence-corrected chi connectivity index (χ2v) is 11.7. The average Bonchev–Trinajstić information content (AvgIpc) is 3.75. The summed E-state index contributed by atoms with van der Waals surface area (Å²) in [6.45, 7) is 3.85. The Balaban J connectivity index is 1.02. The number of fused-ring (bicyclic) bond motifs is 2. The molecular formula is C33H38N8O5. The van der Waals surface area contributed by atoms with Crippen molar-refractivity contribution in [3.63, 3.8) is 0 Å². The smallest absolute Gasteiger partial charge is 0.291 e. The number of aromatic nitrogens is 4. The van der Waals surface area contributed by atoms with Crippen LogP contribution in [-0.2, 0) is 21.1 Å². The van der Waals surface area contributed by atoms with Crippen LogP contribution in [0.3, 0.4) is 0 Å². The molecule has 46 heavy (non-hydrogen) atoms. The van der Waals surface area contributed by atoms with Crippen LogP contribution >= 0.6 is 0 Å². The molecule has 0 aliphatic carbocycles. The number of nitrogens with one attached hydrogen (secondary N) is 2. The van der Waals surface area contributed by atoms with Crippen molar-refractivity contribution in [2.45, 2.75) is 51.2 Å². The lowest BCUT2D eigenvalue weighted by molar-refractivity contribution is -0.144. The first-order valence-electron chi connectivity index (χ1n) is 15.9. The van der Waals surface area contributed by atoms with E-state index in [4.69, 9.17) is 4.74 Å². The van der Waals surface area contributed by atoms with Crippen molar-refractivity contribution >= 4 is 45.4 Å². The maximum Gasteiger partial charge on any atom is 0.291 e. The highest BCUT2D eigenvalue weighted by atomic mass is 16.5. The summed E-state index contributed by atoms with van der Waals surface area (Å²) in [5.74, 6) is -1.73. The number of likely N-dealkylation sites (tertiary alicyclic amines) is 2. The maximum absolute atomic E-state index is 13.2. The Morgan fingerprint density at radius 3 is 2.63 bits per heavy atom. The van der Waals surface area contributed by atoms with Gasteiger partial charge in [0.2, 0.25) is 11.7 Å². The number of hydrogen-bond donors (Lipinski definition) is 2. The van der Waals surface area contributed by atoms with Gasteiger partial charge < -0.3 is 25.2 Å². The summed E-state index contributed by atoms with van der Waals surface area (Å²) in [6.07, 6.45) is 7.24. The Bertz CT molecular complexity index is 1730. The summed E-state index contributed by atoms with van der Waals surface area (Å²) in [5, 5.41) is 13.9. The number of benzene rings is 2. The number of nitrogens with zero attached hydrogens (tertiary/aromatic N) is 6. The number of rotatable bonds is 12. The first-order valence-corrected chi connectivity index (χ1v) is 15.9. The first kappa shape index (κ1) is 31.1. The monoisotopic (exact) mass is 626 g/mol. The third kappa shape index (κ3) is 7.15. The van der Waals surface area contributed by atoms with E-state index in [9.17, 15) is 19.2 Å². The van der Waals surface area contributed by atoms with Crippen molar-refractivity contribution < 1.29 is 23.9 Å². The summed E-state index contributed by atoms with van der Waals surface area (Å²) in [7, 11) is 0. The number of ether oxygens (including phenoxy) is 1. The van der Waals surface area contributed by atoms with Crippen molar-refractivity contribution in [2.75, 3.05) is 39.3 Å². The quantitative estimate of drug-likeness (QED) is 0.178. The van der Waals surface area contributed by atoms with E-state index < -0.39 is 29.5 Å². The standard InChI is InChI=1S/C33H38N8O5/c42-30(40-18-6-10-29(40)31(43)33(45)36-22-41-28-9-3-2-8-27(28)37-38-41)21-35-32(44)24-13-14-34-26-12-11-23(20-25(24)26)46-19-7-17-39-15-4-1-5-16-39/h2-3,8-9,11-14,20,29H,1,4-7,10,15-19,21-22H2,(H,35,44)(H,36,45). The molecule has 2 fully saturated rings. The van der Waals surface area contributed by atoms with Gasteiger partial charge in [-0.05, 0) is 81.6 Å². The summed E-state index contributed by atoms with van der Waals surface area (Å²) in [4.78, 5) is 60.4. The lowest BCUT2D eigenvalue weighted by atomic mass is 10.1. The third-order valence-corrected chi connectivity index (χ3v) is 8.60. The van der Waals surface area contributed by atoms with Crippen LogP contribution in [0.5, 0.6) is 5.75 Å². The molecule has 0 spiro atoms. The molecule has 2 aliphatic heterocycles. The number of ketones is 1. The van der Waals surface area contributed by atoms with Crippen LogP contribution in [0.25, 0.3) is 21.9 Å². The number of para-hydroxylation sites is 1. The summed E-state index contributed by atoms with van der Waals surface area (Å²) >= 11 is 0. The fourth-order valence-corrected chi connectivity index (χ4v) is 6.18. The van der Waals surface area contributed by atoms with Crippen molar-refractivity contribution in [3.05, 3.63) is 60.3 Å². The number of carbonyl (C=O) groups is 4. The molecule has 2 aliphatic rings. The molecule has 1 atom stereocenters. The van der Waals surface area contributed by atoms with Gasteiger partial charge in [-0.1, -0.05) is 23.8 Å². The largest absolute Gasteiger partial charge is 0.494 e. The topological polar surface area (TPSA) is 152 Å². The third-order valence-electron chi connectivity index (χ3n) is 8.60. The van der Waals surface area contributed by atoms with Crippen molar-refractivity contribution in [3.8, 4) is 5.75 Å². The van der Waals surface area contributed by atoms with E-state index in [0.29, 0.717) is 53.7 Å². The van der Waals surface area contributed by atoms with E-state index in [1.54, 1.807) is 24.4 Å². The van der Waals surface area contributed by atoms with Crippen LogP contribution in [0.15, 0.2) is 54.7 Å². The minimum absolute atomic E-state index is 0.0347. The molecule has 2 saturated heterocycles. The second kappa shape index (κ2) is 14.5. The van der Waals surface area contributed by atoms with Crippen LogP contribution in [0.4, 0.5) is 0 Å². The van der Waals surface area contributed by atoms with Gasteiger partial charge in [-0.15, -0.1) is 5.10 Å². The number of amides is 3. The van der Waals surface area contributed by atoms with Crippen LogP contribution in [0.2, 0.25) is 0 Å². The molecule has 4 aromatic rings. The molecule has 3 amide bonds. The van der Waals surface area contributed by atoms with Crippen molar-refractivity contribution in [2.24, 2.45) is 0 Å². The highest BCUT2D eigenvalue weighted by molar-refractivity contribution is 6.38. The lowest BCUT2D eigenvalue weighted by Gasteiger charge is -2.26. The van der Waals surface area contributed by atoms with E-state index in [0.717, 1.165) is 31.6 Å². The van der Waals surface area contributed by atoms with Gasteiger partial charge in [-0.2, -0.15) is 0 Å². The minimum Gasteiger partial charge on any atom is -0.494 e. The Morgan fingerprint density at radius 2 is 1.76 bits per heavy atom. The Morgan fingerprint density at radius 1 is 0.913 bits per heavy atom. The first-order chi connectivity index (χ1) is 22.5. The average molecular weight is 627 g/mol. The molecule has 2 aromatic heterocycles. The fourth-order valence-electron chi connectivity index (χ4n) is 6.18. The van der Waals surface area contributed by atoms with Crippen LogP contribution in [0, 0.1) is 0 Å². The molecule has 6 rings (SSSR count). The van der Waals surface area contributed by atoms with Gasteiger partial charge in [0, 0.05) is 24.7 Å². The summed E-state index contributed by atoms with van der Waals surface area (Å²) in [5.41, 5.74) is 2.39. The van der Waals surface area contributed by atoms with Crippen molar-refractivity contribution in [1.82, 2.24) is 40.4 Å². The van der Waals surface area contributed by atoms with Gasteiger partial charge in [0.25, 0.3) is 11.8 Å². The van der Waals surface area contributed by atoms with Gasteiger partial charge in [-0.25, -0.2) is 4.68 Å². The van der Waals surface area contributed by atoms with Gasteiger partial charge >= 0.3 is 0 Å². The van der Waals surface area contributed by atoms with E-state index in [-0.39, 0.29) is 13.2 Å². The highest BCUT2D eigenvalue weighted by Gasteiger charge is 2.37. The second-order valence-electron chi connectivity index (χ2n) is 11.7. The molecular weight excluding hydrogens is 588 g/mol. The Labute approximate surface area is 266 Å². The highest BCUT2D eigenvalue weighted by Crippen LogP contribution is 2.23. The predicted octanol–water partition coefficient (Wildman–Crippen LogP) is 2.30. The molecule has 0 radical (unpaired) electrons. The van der Waals surface area contributed by atoms with E-state index in [1.807, 2.05) is 30.3 Å². The molecule has 2 aromatic carbocycles. The number of hydrogen-bond acceptors (Lipinski definition) is 9. The number of piperidine rings is 1. The summed E-state index contributed by atoms with van der Waals surface area (Å²) < 4.78 is 7.48. The molecule has 1 unspecified atom stereocenters. The Kier molecular flexibility index (Phi) is 9.77. The molecule has 0 saturated carbocycles. The van der Waals surface area contributed by atoms with E-state index in [2.05, 4.69) is 30.8 Å². The Hall–Kier alpha value is -4.91. The zero-order valence-corrected chi connectivity index (χ0v) is 25.7. The molecule has 13 nitrogen and oxygen atoms in total.